The van der Waals surface area contributed by atoms with E-state index >= 15 is 0 Å². The smallest absolute Gasteiger partial charge is 0.279 e. The second-order valence-corrected chi connectivity index (χ2v) is 7.64. The summed E-state index contributed by atoms with van der Waals surface area (Å²) in [5.74, 6) is 0.0721. The zero-order chi connectivity index (χ0) is 19.1. The Hall–Kier alpha value is -2.14. The van der Waals surface area contributed by atoms with Crippen molar-refractivity contribution >= 4 is 29.3 Å². The Balaban J connectivity index is 1.40. The van der Waals surface area contributed by atoms with Crippen LogP contribution >= 0.6 is 11.6 Å². The average molecular weight is 386 g/mol. The molecule has 27 heavy (non-hydrogen) atoms. The van der Waals surface area contributed by atoms with Gasteiger partial charge in [-0.15, -0.1) is 0 Å². The summed E-state index contributed by atoms with van der Waals surface area (Å²) in [6.07, 6.45) is 4.44. The Morgan fingerprint density at radius 1 is 1.07 bits per heavy atom. The van der Waals surface area contributed by atoms with Gasteiger partial charge in [0.2, 0.25) is 0 Å². The number of aryl methyl sites for hydroxylation is 1. The molecule has 4 nitrogen and oxygen atoms in total. The van der Waals surface area contributed by atoms with Crippen LogP contribution in [0.2, 0.25) is 5.02 Å². The third-order valence-corrected chi connectivity index (χ3v) is 5.29. The summed E-state index contributed by atoms with van der Waals surface area (Å²) >= 11 is 5.97. The third kappa shape index (κ3) is 6.21. The largest absolute Gasteiger partial charge is 0.322 e. The van der Waals surface area contributed by atoms with E-state index in [2.05, 4.69) is 41.7 Å². The van der Waals surface area contributed by atoms with E-state index in [1.807, 2.05) is 31.2 Å². The summed E-state index contributed by atoms with van der Waals surface area (Å²) in [6.45, 7) is 7.78. The van der Waals surface area contributed by atoms with E-state index in [1.54, 1.807) is 4.90 Å². The van der Waals surface area contributed by atoms with Gasteiger partial charge in [-0.3, -0.25) is 4.79 Å². The summed E-state index contributed by atoms with van der Waals surface area (Å²) in [4.78, 5) is 15.3. The first kappa shape index (κ1) is 19.6. The second kappa shape index (κ2) is 9.70. The minimum atomic E-state index is 0.0721. The molecule has 1 amide bonds. The number of piperazine rings is 1. The van der Waals surface area contributed by atoms with E-state index in [-0.39, 0.29) is 5.91 Å². The topological polar surface area (TPSA) is 38.0 Å². The van der Waals surface area contributed by atoms with E-state index in [0.717, 1.165) is 44.0 Å². The first-order valence-electron chi connectivity index (χ1n) is 9.55. The molecule has 1 saturated heterocycles. The van der Waals surface area contributed by atoms with E-state index in [0.29, 0.717) is 11.6 Å². The zero-order valence-electron chi connectivity index (χ0n) is 15.8. The molecule has 0 aromatic heterocycles. The fourth-order valence-corrected chi connectivity index (χ4v) is 3.68. The van der Waals surface area contributed by atoms with Gasteiger partial charge in [-0.25, -0.2) is 0 Å². The Morgan fingerprint density at radius 2 is 1.78 bits per heavy atom. The van der Waals surface area contributed by atoms with E-state index in [4.69, 9.17) is 11.6 Å². The van der Waals surface area contributed by atoms with Gasteiger partial charge in [-0.1, -0.05) is 48.0 Å². The van der Waals surface area contributed by atoms with Gasteiger partial charge in [0, 0.05) is 10.7 Å². The van der Waals surface area contributed by atoms with Crippen LogP contribution < -0.4 is 15.1 Å². The molecule has 0 aliphatic carbocycles. The van der Waals surface area contributed by atoms with Crippen molar-refractivity contribution in [2.45, 2.75) is 6.92 Å². The van der Waals surface area contributed by atoms with Crippen LogP contribution in [-0.2, 0) is 4.79 Å². The predicted octanol–water partition coefficient (Wildman–Crippen LogP) is 1.08. The van der Waals surface area contributed by atoms with Crippen molar-refractivity contribution in [3.05, 3.63) is 70.8 Å². The maximum absolute atomic E-state index is 12.3. The second-order valence-electron chi connectivity index (χ2n) is 7.20. The highest BCUT2D eigenvalue weighted by atomic mass is 35.5. The van der Waals surface area contributed by atoms with Gasteiger partial charge in [0.1, 0.15) is 26.2 Å². The molecule has 0 spiro atoms. The number of quaternary nitrogens is 2. The molecule has 2 aromatic rings. The van der Waals surface area contributed by atoms with Crippen molar-refractivity contribution in [2.24, 2.45) is 0 Å². The van der Waals surface area contributed by atoms with Crippen LogP contribution in [0.15, 0.2) is 54.6 Å². The number of carbonyl (C=O) groups excluding carboxylic acids is 1. The highest BCUT2D eigenvalue weighted by molar-refractivity contribution is 6.30. The van der Waals surface area contributed by atoms with E-state index in [1.165, 1.54) is 10.5 Å². The fourth-order valence-electron chi connectivity index (χ4n) is 3.45. The van der Waals surface area contributed by atoms with Crippen LogP contribution in [0.25, 0.3) is 6.08 Å². The normalized spacial score (nSPS) is 19.9. The van der Waals surface area contributed by atoms with Crippen molar-refractivity contribution in [3.8, 4) is 0 Å². The van der Waals surface area contributed by atoms with Crippen molar-refractivity contribution in [3.63, 3.8) is 0 Å². The number of benzene rings is 2. The lowest BCUT2D eigenvalue weighted by atomic mass is 10.2. The quantitative estimate of drug-likeness (QED) is 0.684. The Kier molecular flexibility index (Phi) is 7.04. The van der Waals surface area contributed by atoms with Gasteiger partial charge >= 0.3 is 0 Å². The minimum Gasteiger partial charge on any atom is -0.322 e. The summed E-state index contributed by atoms with van der Waals surface area (Å²) in [5.41, 5.74) is 3.08. The highest BCUT2D eigenvalue weighted by Crippen LogP contribution is 2.19. The van der Waals surface area contributed by atoms with Crippen LogP contribution in [0.1, 0.15) is 11.1 Å². The van der Waals surface area contributed by atoms with Gasteiger partial charge in [0.25, 0.3) is 5.91 Å². The van der Waals surface area contributed by atoms with E-state index in [9.17, 15) is 4.79 Å². The van der Waals surface area contributed by atoms with Crippen LogP contribution in [-0.4, -0.2) is 45.2 Å². The van der Waals surface area contributed by atoms with Crippen LogP contribution in [0, 0.1) is 6.92 Å². The van der Waals surface area contributed by atoms with Crippen LogP contribution in [0.3, 0.4) is 0 Å². The molecule has 142 valence electrons. The van der Waals surface area contributed by atoms with Crippen molar-refractivity contribution in [1.82, 2.24) is 0 Å². The molecule has 0 saturated carbocycles. The summed E-state index contributed by atoms with van der Waals surface area (Å²) in [5, 5.41) is 3.70. The minimum absolute atomic E-state index is 0.0721. The predicted molar refractivity (Wildman–Crippen MR) is 111 cm³/mol. The molecule has 3 rings (SSSR count). The number of hydrogen-bond acceptors (Lipinski definition) is 1. The van der Waals surface area contributed by atoms with Gasteiger partial charge in [-0.05, 0) is 42.3 Å². The van der Waals surface area contributed by atoms with Crippen molar-refractivity contribution < 1.29 is 14.6 Å². The lowest BCUT2D eigenvalue weighted by molar-refractivity contribution is -1.01. The number of halogens is 1. The number of rotatable bonds is 6. The molecule has 3 N–H and O–H groups in total. The van der Waals surface area contributed by atoms with E-state index < -0.39 is 0 Å². The molecule has 0 unspecified atom stereocenters. The lowest BCUT2D eigenvalue weighted by Crippen LogP contribution is -3.28. The lowest BCUT2D eigenvalue weighted by Gasteiger charge is -2.28. The van der Waals surface area contributed by atoms with Crippen LogP contribution in [0.4, 0.5) is 5.69 Å². The molecule has 0 bridgehead atoms. The number of anilines is 1. The number of hydrogen-bond donors (Lipinski definition) is 3. The zero-order valence-corrected chi connectivity index (χ0v) is 16.6. The Morgan fingerprint density at radius 3 is 2.48 bits per heavy atom. The van der Waals surface area contributed by atoms with Gasteiger partial charge in [0.15, 0.2) is 6.54 Å². The number of amides is 1. The van der Waals surface area contributed by atoms with Crippen LogP contribution in [0.5, 0.6) is 0 Å². The third-order valence-electron chi connectivity index (χ3n) is 5.05. The Bertz CT molecular complexity index is 783. The molecule has 1 fully saturated rings. The molecule has 1 aliphatic heterocycles. The SMILES string of the molecule is Cc1cc(Cl)ccc1NC(=O)C[NH+]1CC[NH+](C/C=C/c2ccccc2)CC1. The van der Waals surface area contributed by atoms with Crippen molar-refractivity contribution in [2.75, 3.05) is 44.6 Å². The summed E-state index contributed by atoms with van der Waals surface area (Å²) in [7, 11) is 0. The van der Waals surface area contributed by atoms with Gasteiger partial charge in [0.05, 0.1) is 6.54 Å². The molecule has 1 aliphatic rings. The maximum atomic E-state index is 12.3. The molecular formula is C22H28ClN3O+2. The number of carbonyl (C=O) groups is 1. The fraction of sp³-hybridized carbons (Fsp3) is 0.318. The summed E-state index contributed by atoms with van der Waals surface area (Å²) in [6, 6.07) is 15.9. The molecule has 1 heterocycles. The molecular weight excluding hydrogens is 358 g/mol. The number of nitrogens with one attached hydrogen (secondary N) is 3. The molecule has 5 heteroatoms. The first-order valence-corrected chi connectivity index (χ1v) is 9.92. The highest BCUT2D eigenvalue weighted by Gasteiger charge is 2.24. The average Bonchev–Trinajstić information content (AvgIpc) is 2.66. The standard InChI is InChI=1S/C22H26ClN3O/c1-18-16-20(23)9-10-21(18)24-22(27)17-26-14-12-25(13-15-26)11-5-8-19-6-3-2-4-7-19/h2-10,16H,11-15,17H2,1H3,(H,24,27)/p+2/b8-5+. The van der Waals surface area contributed by atoms with Gasteiger partial charge < -0.3 is 15.1 Å². The molecule has 0 radical (unpaired) electrons. The molecule has 2 aromatic carbocycles. The Labute approximate surface area is 166 Å². The summed E-state index contributed by atoms with van der Waals surface area (Å²) < 4.78 is 0. The van der Waals surface area contributed by atoms with Gasteiger partial charge in [-0.2, -0.15) is 0 Å². The van der Waals surface area contributed by atoms with Crippen molar-refractivity contribution in [1.29, 1.82) is 0 Å². The first-order chi connectivity index (χ1) is 13.1. The monoisotopic (exact) mass is 385 g/mol. The molecule has 0 atom stereocenters. The maximum Gasteiger partial charge on any atom is 0.279 e.